The zero-order valence-electron chi connectivity index (χ0n) is 10.7. The molecule has 2 heterocycles. The number of aromatic nitrogens is 5. The fourth-order valence-electron chi connectivity index (χ4n) is 1.52. The van der Waals surface area contributed by atoms with Gasteiger partial charge in [-0.3, -0.25) is 9.36 Å². The predicted octanol–water partition coefficient (Wildman–Crippen LogP) is 1.73. The molecule has 0 radical (unpaired) electrons. The van der Waals surface area contributed by atoms with Gasteiger partial charge in [0.2, 0.25) is 0 Å². The Hall–Kier alpha value is -1.48. The normalized spacial score (nSPS) is 11.7. The quantitative estimate of drug-likeness (QED) is 0.859. The molecule has 0 spiro atoms. The number of carboxylic acid groups (broad SMARTS) is 1. The number of hydrogen-bond acceptors (Lipinski definition) is 7. The summed E-state index contributed by atoms with van der Waals surface area (Å²) in [6.07, 6.45) is 0. The molecule has 2 aromatic heterocycles. The smallest absolute Gasteiger partial charge is 0.313 e. The Balaban J connectivity index is 2.43. The van der Waals surface area contributed by atoms with E-state index in [1.165, 1.54) is 11.5 Å². The van der Waals surface area contributed by atoms with Crippen LogP contribution in [0.4, 0.5) is 0 Å². The fourth-order valence-corrected chi connectivity index (χ4v) is 2.80. The lowest BCUT2D eigenvalue weighted by Crippen LogP contribution is -2.24. The molecule has 0 saturated carbocycles. The minimum absolute atomic E-state index is 0.0521. The first-order valence-electron chi connectivity index (χ1n) is 5.47. The van der Waals surface area contributed by atoms with Gasteiger partial charge in [-0.2, -0.15) is 0 Å². The van der Waals surface area contributed by atoms with Crippen molar-refractivity contribution in [2.45, 2.75) is 31.5 Å². The SMILES string of the molecule is CC(C)(C)n1c(SCC(=O)O)nnc1-c1csnn1. The van der Waals surface area contributed by atoms with Gasteiger partial charge in [-0.15, -0.1) is 15.3 Å². The van der Waals surface area contributed by atoms with Gasteiger partial charge < -0.3 is 5.11 Å². The van der Waals surface area contributed by atoms with E-state index in [2.05, 4.69) is 19.8 Å². The lowest BCUT2D eigenvalue weighted by molar-refractivity contribution is -0.133. The maximum absolute atomic E-state index is 10.7. The summed E-state index contributed by atoms with van der Waals surface area (Å²) < 4.78 is 5.70. The molecule has 19 heavy (non-hydrogen) atoms. The molecule has 0 amide bonds. The molecule has 2 rings (SSSR count). The van der Waals surface area contributed by atoms with Crippen molar-refractivity contribution in [2.75, 3.05) is 5.75 Å². The van der Waals surface area contributed by atoms with Gasteiger partial charge in [-0.05, 0) is 32.3 Å². The molecule has 1 N–H and O–H groups in total. The third-order valence-electron chi connectivity index (χ3n) is 2.22. The second-order valence-electron chi connectivity index (χ2n) is 4.78. The van der Waals surface area contributed by atoms with Crippen molar-refractivity contribution in [1.29, 1.82) is 0 Å². The first-order chi connectivity index (χ1) is 8.89. The van der Waals surface area contributed by atoms with E-state index >= 15 is 0 Å². The third kappa shape index (κ3) is 3.10. The molecule has 0 aliphatic carbocycles. The fraction of sp³-hybridized carbons (Fsp3) is 0.500. The predicted molar refractivity (Wildman–Crippen MR) is 72.3 cm³/mol. The Morgan fingerprint density at radius 2 is 2.16 bits per heavy atom. The average molecular weight is 299 g/mol. The van der Waals surface area contributed by atoms with Gasteiger partial charge in [-0.25, -0.2) is 0 Å². The van der Waals surface area contributed by atoms with Crippen LogP contribution in [0.15, 0.2) is 10.5 Å². The van der Waals surface area contributed by atoms with Gasteiger partial charge in [0.05, 0.1) is 5.75 Å². The molecule has 0 aliphatic rings. The van der Waals surface area contributed by atoms with Crippen LogP contribution in [0.3, 0.4) is 0 Å². The van der Waals surface area contributed by atoms with Crippen LogP contribution in [0.2, 0.25) is 0 Å². The Bertz CT molecular complexity index is 573. The Labute approximate surface area is 118 Å². The van der Waals surface area contributed by atoms with Crippen LogP contribution < -0.4 is 0 Å². The molecule has 0 bridgehead atoms. The summed E-state index contributed by atoms with van der Waals surface area (Å²) >= 11 is 2.38. The van der Waals surface area contributed by atoms with Crippen molar-refractivity contribution in [1.82, 2.24) is 24.4 Å². The van der Waals surface area contributed by atoms with Gasteiger partial charge in [0.25, 0.3) is 0 Å². The molecule has 0 saturated heterocycles. The van der Waals surface area contributed by atoms with E-state index in [1.807, 2.05) is 25.3 Å². The summed E-state index contributed by atoms with van der Waals surface area (Å²) in [5, 5.41) is 23.3. The van der Waals surface area contributed by atoms with Crippen LogP contribution in [0, 0.1) is 0 Å². The van der Waals surface area contributed by atoms with E-state index < -0.39 is 5.97 Å². The molecular weight excluding hydrogens is 286 g/mol. The van der Waals surface area contributed by atoms with Gasteiger partial charge >= 0.3 is 5.97 Å². The Morgan fingerprint density at radius 3 is 2.68 bits per heavy atom. The van der Waals surface area contributed by atoms with Crippen molar-refractivity contribution in [2.24, 2.45) is 0 Å². The summed E-state index contributed by atoms with van der Waals surface area (Å²) in [5.74, 6) is -0.330. The molecule has 9 heteroatoms. The summed E-state index contributed by atoms with van der Waals surface area (Å²) in [5.41, 5.74) is 0.373. The highest BCUT2D eigenvalue weighted by Crippen LogP contribution is 2.29. The number of carboxylic acids is 1. The second-order valence-corrected chi connectivity index (χ2v) is 6.34. The average Bonchev–Trinajstić information content (AvgIpc) is 2.93. The van der Waals surface area contributed by atoms with Crippen LogP contribution in [0.5, 0.6) is 0 Å². The number of nitrogens with zero attached hydrogens (tertiary/aromatic N) is 5. The van der Waals surface area contributed by atoms with E-state index in [1.54, 1.807) is 5.38 Å². The van der Waals surface area contributed by atoms with Crippen molar-refractivity contribution in [3.05, 3.63) is 5.38 Å². The minimum Gasteiger partial charge on any atom is -0.481 e. The van der Waals surface area contributed by atoms with E-state index in [-0.39, 0.29) is 11.3 Å². The Morgan fingerprint density at radius 1 is 1.42 bits per heavy atom. The second kappa shape index (κ2) is 5.25. The lowest BCUT2D eigenvalue weighted by atomic mass is 10.1. The maximum atomic E-state index is 10.7. The van der Waals surface area contributed by atoms with Crippen molar-refractivity contribution in [3.8, 4) is 11.5 Å². The van der Waals surface area contributed by atoms with Gasteiger partial charge in [0.15, 0.2) is 11.0 Å². The van der Waals surface area contributed by atoms with Crippen LogP contribution in [0.1, 0.15) is 20.8 Å². The molecule has 0 atom stereocenters. The van der Waals surface area contributed by atoms with Crippen molar-refractivity contribution in [3.63, 3.8) is 0 Å². The zero-order valence-corrected chi connectivity index (χ0v) is 12.3. The zero-order chi connectivity index (χ0) is 14.0. The van der Waals surface area contributed by atoms with Gasteiger partial charge in [0.1, 0.15) is 5.69 Å². The Kier molecular flexibility index (Phi) is 3.85. The summed E-state index contributed by atoms with van der Waals surface area (Å²) in [7, 11) is 0. The first kappa shape index (κ1) is 13.9. The summed E-state index contributed by atoms with van der Waals surface area (Å²) in [4.78, 5) is 10.7. The topological polar surface area (TPSA) is 93.8 Å². The number of hydrogen-bond donors (Lipinski definition) is 1. The summed E-state index contributed by atoms with van der Waals surface area (Å²) in [6, 6.07) is 0. The minimum atomic E-state index is -0.884. The number of aliphatic carboxylic acids is 1. The van der Waals surface area contributed by atoms with Gasteiger partial charge in [-0.1, -0.05) is 16.3 Å². The third-order valence-corrected chi connectivity index (χ3v) is 3.64. The van der Waals surface area contributed by atoms with Crippen LogP contribution in [0.25, 0.3) is 11.5 Å². The number of carbonyl (C=O) groups is 1. The van der Waals surface area contributed by atoms with Crippen molar-refractivity contribution >= 4 is 29.3 Å². The van der Waals surface area contributed by atoms with Crippen molar-refractivity contribution < 1.29 is 9.90 Å². The molecule has 0 unspecified atom stereocenters. The van der Waals surface area contributed by atoms with Crippen LogP contribution in [-0.4, -0.2) is 41.2 Å². The first-order valence-corrected chi connectivity index (χ1v) is 7.29. The van der Waals surface area contributed by atoms with E-state index in [4.69, 9.17) is 5.11 Å². The monoisotopic (exact) mass is 299 g/mol. The molecule has 2 aromatic rings. The van der Waals surface area contributed by atoms with E-state index in [9.17, 15) is 4.79 Å². The molecule has 102 valence electrons. The highest BCUT2D eigenvalue weighted by Gasteiger charge is 2.25. The molecule has 0 aromatic carbocycles. The maximum Gasteiger partial charge on any atom is 0.313 e. The largest absolute Gasteiger partial charge is 0.481 e. The number of thioether (sulfide) groups is 1. The molecule has 7 nitrogen and oxygen atoms in total. The molecule has 0 fully saturated rings. The highest BCUT2D eigenvalue weighted by molar-refractivity contribution is 7.99. The van der Waals surface area contributed by atoms with E-state index in [0.717, 1.165) is 11.8 Å². The number of rotatable bonds is 4. The van der Waals surface area contributed by atoms with Crippen LogP contribution >= 0.6 is 23.3 Å². The molecule has 0 aliphatic heterocycles. The van der Waals surface area contributed by atoms with Crippen LogP contribution in [-0.2, 0) is 10.3 Å². The lowest BCUT2D eigenvalue weighted by Gasteiger charge is -2.23. The van der Waals surface area contributed by atoms with E-state index in [0.29, 0.717) is 16.7 Å². The molecular formula is C10H13N5O2S2. The van der Waals surface area contributed by atoms with Gasteiger partial charge in [0, 0.05) is 10.9 Å². The highest BCUT2D eigenvalue weighted by atomic mass is 32.2. The standard InChI is InChI=1S/C10H13N5O2S2/c1-10(2,3)15-8(6-4-19-14-11-6)12-13-9(15)18-5-7(16)17/h4H,5H2,1-3H3,(H,16,17). The summed E-state index contributed by atoms with van der Waals surface area (Å²) in [6.45, 7) is 6.01.